The number of nitrogens with one attached hydrogen (secondary N) is 1. The summed E-state index contributed by atoms with van der Waals surface area (Å²) < 4.78 is 20.0. The molecule has 1 saturated carbocycles. The van der Waals surface area contributed by atoms with Crippen molar-refractivity contribution < 1.29 is 13.9 Å². The van der Waals surface area contributed by atoms with Crippen molar-refractivity contribution in [1.82, 2.24) is 10.2 Å². The highest BCUT2D eigenvalue weighted by molar-refractivity contribution is 5.84. The molecule has 0 bridgehead atoms. The Morgan fingerprint density at radius 3 is 2.62 bits per heavy atom. The Morgan fingerprint density at radius 2 is 1.85 bits per heavy atom. The molecule has 2 aromatic carbocycles. The summed E-state index contributed by atoms with van der Waals surface area (Å²) >= 11 is 0. The van der Waals surface area contributed by atoms with E-state index < -0.39 is 0 Å². The predicted molar refractivity (Wildman–Crippen MR) is 132 cm³/mol. The number of ether oxygens (including phenoxy) is 1. The minimum Gasteiger partial charge on any atom is -0.365 e. The third-order valence-electron chi connectivity index (χ3n) is 8.24. The molecular weight excluding hydrogens is 427 g/mol. The number of carbonyl (C=O) groups excluding carboxylic acids is 1. The van der Waals surface area contributed by atoms with Crippen LogP contribution >= 0.6 is 0 Å². The quantitative estimate of drug-likeness (QED) is 0.549. The van der Waals surface area contributed by atoms with Crippen LogP contribution in [-0.4, -0.2) is 37.0 Å². The van der Waals surface area contributed by atoms with Gasteiger partial charge in [-0.05, 0) is 73.4 Å². The van der Waals surface area contributed by atoms with Crippen molar-refractivity contribution in [2.24, 2.45) is 5.92 Å². The number of benzene rings is 2. The maximum absolute atomic E-state index is 13.8. The molecule has 2 heterocycles. The molecular formula is C29H37FN2O2. The lowest BCUT2D eigenvalue weighted by atomic mass is 9.76. The van der Waals surface area contributed by atoms with Crippen molar-refractivity contribution in [2.75, 3.05) is 26.2 Å². The SMILES string of the molecule is O=C(NCCCN1CCC2(CC1)OCc1ccc(F)cc12)C(c1ccccc1)C1CCCCC1. The first-order valence-electron chi connectivity index (χ1n) is 13.1. The number of hydrogen-bond acceptors (Lipinski definition) is 3. The van der Waals surface area contributed by atoms with E-state index in [0.717, 1.165) is 68.4 Å². The van der Waals surface area contributed by atoms with Crippen molar-refractivity contribution in [2.45, 2.75) is 69.5 Å². The monoisotopic (exact) mass is 464 g/mol. The normalized spacial score (nSPS) is 21.3. The van der Waals surface area contributed by atoms with E-state index in [0.29, 0.717) is 19.1 Å². The standard InChI is InChI=1S/C29H37FN2O2/c30-25-13-12-24-21-34-29(26(24)20-25)14-18-32(19-15-29)17-7-16-31-28(33)27(22-8-3-1-4-9-22)23-10-5-2-6-11-23/h1,3-4,8-9,12-13,20,23,27H,2,5-7,10-11,14-19,21H2,(H,31,33). The van der Waals surface area contributed by atoms with Crippen LogP contribution in [0.5, 0.6) is 0 Å². The van der Waals surface area contributed by atoms with Gasteiger partial charge in [0, 0.05) is 19.6 Å². The van der Waals surface area contributed by atoms with Crippen LogP contribution in [0.4, 0.5) is 4.39 Å². The first-order chi connectivity index (χ1) is 16.6. The highest BCUT2D eigenvalue weighted by Gasteiger charge is 2.42. The van der Waals surface area contributed by atoms with Crippen LogP contribution in [0.15, 0.2) is 48.5 Å². The molecule has 0 aromatic heterocycles. The molecule has 34 heavy (non-hydrogen) atoms. The number of rotatable bonds is 7. The smallest absolute Gasteiger partial charge is 0.227 e. The first kappa shape index (κ1) is 23.5. The summed E-state index contributed by atoms with van der Waals surface area (Å²) in [4.78, 5) is 15.7. The Bertz CT molecular complexity index is 965. The van der Waals surface area contributed by atoms with E-state index in [1.165, 1.54) is 25.3 Å². The molecule has 5 rings (SSSR count). The fourth-order valence-electron chi connectivity index (χ4n) is 6.33. The zero-order chi connectivity index (χ0) is 23.4. The van der Waals surface area contributed by atoms with Crippen molar-refractivity contribution in [3.63, 3.8) is 0 Å². The van der Waals surface area contributed by atoms with Crippen LogP contribution < -0.4 is 5.32 Å². The third-order valence-corrected chi connectivity index (χ3v) is 8.24. The van der Waals surface area contributed by atoms with Crippen molar-refractivity contribution >= 4 is 5.91 Å². The number of piperidine rings is 1. The molecule has 1 unspecified atom stereocenters. The molecule has 1 amide bonds. The van der Waals surface area contributed by atoms with E-state index >= 15 is 0 Å². The summed E-state index contributed by atoms with van der Waals surface area (Å²) in [7, 11) is 0. The zero-order valence-corrected chi connectivity index (χ0v) is 20.1. The summed E-state index contributed by atoms with van der Waals surface area (Å²) in [6, 6.07) is 15.4. The Morgan fingerprint density at radius 1 is 1.09 bits per heavy atom. The van der Waals surface area contributed by atoms with E-state index in [4.69, 9.17) is 4.74 Å². The Hall–Kier alpha value is -2.24. The van der Waals surface area contributed by atoms with Gasteiger partial charge in [-0.2, -0.15) is 0 Å². The van der Waals surface area contributed by atoms with E-state index in [-0.39, 0.29) is 23.2 Å². The number of carbonyl (C=O) groups is 1. The second kappa shape index (κ2) is 10.6. The molecule has 182 valence electrons. The molecule has 1 N–H and O–H groups in total. The largest absolute Gasteiger partial charge is 0.365 e. The summed E-state index contributed by atoms with van der Waals surface area (Å²) in [6.07, 6.45) is 8.80. The van der Waals surface area contributed by atoms with Crippen LogP contribution in [0.2, 0.25) is 0 Å². The number of hydrogen-bond donors (Lipinski definition) is 1. The number of amides is 1. The van der Waals surface area contributed by atoms with E-state index in [9.17, 15) is 9.18 Å². The van der Waals surface area contributed by atoms with E-state index in [2.05, 4.69) is 22.3 Å². The molecule has 2 fully saturated rings. The summed E-state index contributed by atoms with van der Waals surface area (Å²) in [5.41, 5.74) is 3.02. The molecule has 1 atom stereocenters. The van der Waals surface area contributed by atoms with Gasteiger partial charge in [0.25, 0.3) is 0 Å². The van der Waals surface area contributed by atoms with Gasteiger partial charge in [-0.15, -0.1) is 0 Å². The van der Waals surface area contributed by atoms with Crippen molar-refractivity contribution in [3.8, 4) is 0 Å². The first-order valence-corrected chi connectivity index (χ1v) is 13.1. The van der Waals surface area contributed by atoms with E-state index in [1.54, 1.807) is 6.07 Å². The summed E-state index contributed by atoms with van der Waals surface area (Å²) in [5, 5.41) is 3.25. The van der Waals surface area contributed by atoms with Gasteiger partial charge in [-0.25, -0.2) is 4.39 Å². The zero-order valence-electron chi connectivity index (χ0n) is 20.1. The van der Waals surface area contributed by atoms with Crippen LogP contribution in [-0.2, 0) is 21.7 Å². The lowest BCUT2D eigenvalue weighted by Crippen LogP contribution is -2.43. The lowest BCUT2D eigenvalue weighted by molar-refractivity contribution is -0.124. The third kappa shape index (κ3) is 5.06. The second-order valence-electron chi connectivity index (χ2n) is 10.4. The number of fused-ring (bicyclic) bond motifs is 2. The van der Waals surface area contributed by atoms with Gasteiger partial charge in [0.15, 0.2) is 0 Å². The minimum atomic E-state index is -0.314. The van der Waals surface area contributed by atoms with Crippen LogP contribution in [0.1, 0.15) is 74.0 Å². The molecule has 0 radical (unpaired) electrons. The van der Waals surface area contributed by atoms with Gasteiger partial charge < -0.3 is 15.0 Å². The topological polar surface area (TPSA) is 41.6 Å². The maximum Gasteiger partial charge on any atom is 0.227 e. The molecule has 1 aliphatic carbocycles. The fraction of sp³-hybridized carbons (Fsp3) is 0.552. The van der Waals surface area contributed by atoms with Gasteiger partial charge in [0.2, 0.25) is 5.91 Å². The average Bonchev–Trinajstić information content (AvgIpc) is 3.21. The molecule has 1 spiro atoms. The van der Waals surface area contributed by atoms with E-state index in [1.807, 2.05) is 24.3 Å². The molecule has 1 saturated heterocycles. The van der Waals surface area contributed by atoms with Gasteiger partial charge in [-0.3, -0.25) is 4.79 Å². The number of nitrogens with zero attached hydrogens (tertiary/aromatic N) is 1. The number of likely N-dealkylation sites (tertiary alicyclic amines) is 1. The van der Waals surface area contributed by atoms with Crippen LogP contribution in [0, 0.1) is 11.7 Å². The van der Waals surface area contributed by atoms with Crippen LogP contribution in [0.3, 0.4) is 0 Å². The van der Waals surface area contributed by atoms with Gasteiger partial charge >= 0.3 is 0 Å². The highest BCUT2D eigenvalue weighted by Crippen LogP contribution is 2.44. The van der Waals surface area contributed by atoms with Gasteiger partial charge in [0.05, 0.1) is 18.1 Å². The molecule has 2 aromatic rings. The molecule has 3 aliphatic rings. The van der Waals surface area contributed by atoms with Crippen molar-refractivity contribution in [3.05, 3.63) is 71.0 Å². The predicted octanol–water partition coefficient (Wildman–Crippen LogP) is 5.52. The fourth-order valence-corrected chi connectivity index (χ4v) is 6.33. The molecule has 4 nitrogen and oxygen atoms in total. The summed E-state index contributed by atoms with van der Waals surface area (Å²) in [5.74, 6) is 0.433. The Kier molecular flexibility index (Phi) is 7.31. The Balaban J connectivity index is 1.10. The van der Waals surface area contributed by atoms with Gasteiger partial charge in [0.1, 0.15) is 5.82 Å². The molecule has 2 aliphatic heterocycles. The lowest BCUT2D eigenvalue weighted by Gasteiger charge is -2.39. The molecule has 5 heteroatoms. The maximum atomic E-state index is 13.8. The van der Waals surface area contributed by atoms with Gasteiger partial charge in [-0.1, -0.05) is 55.7 Å². The summed E-state index contributed by atoms with van der Waals surface area (Å²) in [6.45, 7) is 4.15. The minimum absolute atomic E-state index is 0.0312. The highest BCUT2D eigenvalue weighted by atomic mass is 19.1. The van der Waals surface area contributed by atoms with Crippen molar-refractivity contribution in [1.29, 1.82) is 0 Å². The second-order valence-corrected chi connectivity index (χ2v) is 10.4. The average molecular weight is 465 g/mol. The number of halogens is 1. The van der Waals surface area contributed by atoms with Crippen LogP contribution in [0.25, 0.3) is 0 Å². The Labute approximate surface area is 202 Å².